The summed E-state index contributed by atoms with van der Waals surface area (Å²) < 4.78 is 28.1. The largest absolute Gasteiger partial charge is 0.298 e. The molecule has 2 atom stereocenters. The van der Waals surface area contributed by atoms with Crippen molar-refractivity contribution in [3.63, 3.8) is 0 Å². The van der Waals surface area contributed by atoms with E-state index in [-0.39, 0.29) is 16.1 Å². The number of nitro groups is 1. The molecule has 1 aliphatic heterocycles. The molecule has 168 valence electrons. The van der Waals surface area contributed by atoms with Crippen LogP contribution in [0.2, 0.25) is 0 Å². The summed E-state index contributed by atoms with van der Waals surface area (Å²) in [5.41, 5.74) is 0.783. The van der Waals surface area contributed by atoms with E-state index < -0.39 is 20.9 Å². The fraction of sp³-hybridized carbons (Fsp3) is 0.333. The van der Waals surface area contributed by atoms with E-state index >= 15 is 0 Å². The molecule has 3 aromatic rings. The third-order valence-corrected chi connectivity index (χ3v) is 8.17. The summed E-state index contributed by atoms with van der Waals surface area (Å²) in [6.07, 6.45) is 1.00. The molecule has 0 radical (unpaired) electrons. The SMILES string of the molecule is C[C@@H]1C[C@@H](C)CN(S(=O)(=O)c2ccc(C(=O)Nc3nc4ccc([N+](=O)[O-])cc4s3)cc2)C1. The van der Waals surface area contributed by atoms with Crippen molar-refractivity contribution in [1.29, 1.82) is 0 Å². The number of thiazole rings is 1. The summed E-state index contributed by atoms with van der Waals surface area (Å²) >= 11 is 1.13. The number of nitrogens with one attached hydrogen (secondary N) is 1. The number of fused-ring (bicyclic) bond motifs is 1. The first kappa shape index (κ1) is 22.3. The van der Waals surface area contributed by atoms with E-state index in [1.807, 2.05) is 13.8 Å². The molecule has 9 nitrogen and oxygen atoms in total. The maximum atomic E-state index is 13.0. The van der Waals surface area contributed by atoms with Gasteiger partial charge < -0.3 is 0 Å². The normalized spacial score (nSPS) is 19.7. The van der Waals surface area contributed by atoms with Crippen LogP contribution in [0.1, 0.15) is 30.6 Å². The lowest BCUT2D eigenvalue weighted by Gasteiger charge is -2.34. The second-order valence-electron chi connectivity index (χ2n) is 8.17. The zero-order valence-electron chi connectivity index (χ0n) is 17.5. The molecule has 2 heterocycles. The van der Waals surface area contributed by atoms with E-state index in [0.29, 0.717) is 40.3 Å². The molecular weight excluding hydrogens is 452 g/mol. The van der Waals surface area contributed by atoms with Crippen molar-refractivity contribution in [1.82, 2.24) is 9.29 Å². The Balaban J connectivity index is 1.49. The number of nitrogens with zero attached hydrogens (tertiary/aromatic N) is 3. The predicted octanol–water partition coefficient (Wildman–Crippen LogP) is 4.12. The number of nitro benzene ring substituents is 1. The molecule has 0 spiro atoms. The number of carbonyl (C=O) groups excluding carboxylic acids is 1. The van der Waals surface area contributed by atoms with Gasteiger partial charge in [-0.3, -0.25) is 20.2 Å². The monoisotopic (exact) mass is 474 g/mol. The van der Waals surface area contributed by atoms with Crippen LogP contribution in [0.4, 0.5) is 10.8 Å². The van der Waals surface area contributed by atoms with Crippen LogP contribution in [0, 0.1) is 22.0 Å². The minimum atomic E-state index is -3.62. The lowest BCUT2D eigenvalue weighted by Crippen LogP contribution is -2.42. The van der Waals surface area contributed by atoms with Crippen LogP contribution in [0.15, 0.2) is 47.4 Å². The highest BCUT2D eigenvalue weighted by molar-refractivity contribution is 7.89. The van der Waals surface area contributed by atoms with Crippen molar-refractivity contribution in [3.05, 3.63) is 58.1 Å². The third kappa shape index (κ3) is 4.50. The maximum Gasteiger partial charge on any atom is 0.270 e. The highest BCUT2D eigenvalue weighted by atomic mass is 32.2. The fourth-order valence-corrected chi connectivity index (χ4v) is 6.55. The van der Waals surface area contributed by atoms with Gasteiger partial charge in [0.05, 0.1) is 20.0 Å². The summed E-state index contributed by atoms with van der Waals surface area (Å²) in [6, 6.07) is 10.1. The topological polar surface area (TPSA) is 123 Å². The molecule has 0 saturated carbocycles. The molecule has 2 aromatic carbocycles. The number of anilines is 1. The van der Waals surface area contributed by atoms with E-state index in [9.17, 15) is 23.3 Å². The Morgan fingerprint density at radius 3 is 2.44 bits per heavy atom. The minimum absolute atomic E-state index is 0.0479. The Hall–Kier alpha value is -2.89. The van der Waals surface area contributed by atoms with Gasteiger partial charge in [-0.1, -0.05) is 25.2 Å². The number of aromatic nitrogens is 1. The molecule has 0 bridgehead atoms. The fourth-order valence-electron chi connectivity index (χ4n) is 3.98. The molecule has 1 fully saturated rings. The number of sulfonamides is 1. The zero-order chi connectivity index (χ0) is 23.0. The second-order valence-corrected chi connectivity index (χ2v) is 11.1. The van der Waals surface area contributed by atoms with Crippen molar-refractivity contribution in [2.24, 2.45) is 11.8 Å². The van der Waals surface area contributed by atoms with Gasteiger partial charge in [0.2, 0.25) is 10.0 Å². The first-order chi connectivity index (χ1) is 15.1. The van der Waals surface area contributed by atoms with Gasteiger partial charge in [0.15, 0.2) is 5.13 Å². The van der Waals surface area contributed by atoms with Crippen LogP contribution in [0.25, 0.3) is 10.2 Å². The molecule has 1 amide bonds. The van der Waals surface area contributed by atoms with Gasteiger partial charge in [-0.25, -0.2) is 13.4 Å². The van der Waals surface area contributed by atoms with Crippen molar-refractivity contribution in [2.45, 2.75) is 25.2 Å². The predicted molar refractivity (Wildman–Crippen MR) is 122 cm³/mol. The van der Waals surface area contributed by atoms with Gasteiger partial charge in [0.1, 0.15) is 0 Å². The number of non-ortho nitro benzene ring substituents is 1. The molecule has 1 saturated heterocycles. The van der Waals surface area contributed by atoms with E-state index in [4.69, 9.17) is 0 Å². The van der Waals surface area contributed by atoms with Gasteiger partial charge in [-0.05, 0) is 48.6 Å². The Kier molecular flexibility index (Phi) is 5.97. The van der Waals surface area contributed by atoms with Crippen molar-refractivity contribution >= 4 is 48.3 Å². The van der Waals surface area contributed by atoms with Gasteiger partial charge in [-0.15, -0.1) is 0 Å². The van der Waals surface area contributed by atoms with Gasteiger partial charge >= 0.3 is 0 Å². The standard InChI is InChI=1S/C21H22N4O5S2/c1-13-9-14(2)12-24(11-13)32(29,30)17-6-3-15(4-7-17)20(26)23-21-22-18-8-5-16(25(27)28)10-19(18)31-21/h3-8,10,13-14H,9,11-12H2,1-2H3,(H,22,23,26)/t13-,14-/m1/s1. The zero-order valence-corrected chi connectivity index (χ0v) is 19.1. The molecule has 11 heteroatoms. The maximum absolute atomic E-state index is 13.0. The quantitative estimate of drug-likeness (QED) is 0.438. The second kappa shape index (κ2) is 8.57. The molecule has 1 aliphatic rings. The summed E-state index contributed by atoms with van der Waals surface area (Å²) in [5.74, 6) is 0.158. The molecule has 32 heavy (non-hydrogen) atoms. The minimum Gasteiger partial charge on any atom is -0.298 e. The van der Waals surface area contributed by atoms with Crippen molar-refractivity contribution < 1.29 is 18.1 Å². The smallest absolute Gasteiger partial charge is 0.270 e. The number of hydrogen-bond acceptors (Lipinski definition) is 7. The van der Waals surface area contributed by atoms with Gasteiger partial charge in [-0.2, -0.15) is 4.31 Å². The number of carbonyl (C=O) groups is 1. The van der Waals surface area contributed by atoms with E-state index in [1.165, 1.54) is 46.8 Å². The molecular formula is C21H22N4O5S2. The first-order valence-electron chi connectivity index (χ1n) is 10.1. The number of piperidine rings is 1. The highest BCUT2D eigenvalue weighted by Crippen LogP contribution is 2.30. The van der Waals surface area contributed by atoms with Crippen LogP contribution in [0.5, 0.6) is 0 Å². The highest BCUT2D eigenvalue weighted by Gasteiger charge is 2.31. The Labute approximate surface area is 189 Å². The van der Waals surface area contributed by atoms with Gasteiger partial charge in [0, 0.05) is 30.8 Å². The molecule has 4 rings (SSSR count). The van der Waals surface area contributed by atoms with Gasteiger partial charge in [0.25, 0.3) is 11.6 Å². The summed E-state index contributed by atoms with van der Waals surface area (Å²) in [4.78, 5) is 27.5. The van der Waals surface area contributed by atoms with Crippen molar-refractivity contribution in [3.8, 4) is 0 Å². The van der Waals surface area contributed by atoms with E-state index in [1.54, 1.807) is 0 Å². The van der Waals surface area contributed by atoms with Crippen LogP contribution < -0.4 is 5.32 Å². The summed E-state index contributed by atoms with van der Waals surface area (Å²) in [7, 11) is -3.62. The van der Waals surface area contributed by atoms with Crippen molar-refractivity contribution in [2.75, 3.05) is 18.4 Å². The number of rotatable bonds is 5. The molecule has 1 N–H and O–H groups in total. The van der Waals surface area contributed by atoms with Crippen LogP contribution in [-0.4, -0.2) is 41.6 Å². The first-order valence-corrected chi connectivity index (χ1v) is 12.4. The average molecular weight is 475 g/mol. The third-order valence-electron chi connectivity index (χ3n) is 5.39. The van der Waals surface area contributed by atoms with Crippen LogP contribution in [-0.2, 0) is 10.0 Å². The molecule has 0 aliphatic carbocycles. The van der Waals surface area contributed by atoms with Crippen LogP contribution in [0.3, 0.4) is 0 Å². The Morgan fingerprint density at radius 2 is 1.81 bits per heavy atom. The summed E-state index contributed by atoms with van der Waals surface area (Å²) in [6.45, 7) is 5.08. The van der Waals surface area contributed by atoms with E-state index in [0.717, 1.165) is 17.8 Å². The lowest BCUT2D eigenvalue weighted by molar-refractivity contribution is -0.384. The number of hydrogen-bond donors (Lipinski definition) is 1. The Morgan fingerprint density at radius 1 is 1.16 bits per heavy atom. The molecule has 1 aromatic heterocycles. The Bertz CT molecular complexity index is 1280. The molecule has 0 unspecified atom stereocenters. The number of amides is 1. The number of benzene rings is 2. The summed E-state index contributed by atoms with van der Waals surface area (Å²) in [5, 5.41) is 13.9. The lowest BCUT2D eigenvalue weighted by atomic mass is 9.94. The van der Waals surface area contributed by atoms with E-state index in [2.05, 4.69) is 10.3 Å². The van der Waals surface area contributed by atoms with Crippen LogP contribution >= 0.6 is 11.3 Å². The average Bonchev–Trinajstić information content (AvgIpc) is 3.14.